The van der Waals surface area contributed by atoms with Crippen molar-refractivity contribution in [2.45, 2.75) is 53.6 Å². The number of halogens is 4. The number of allylic oxidation sites excluding steroid dienone is 8. The summed E-state index contributed by atoms with van der Waals surface area (Å²) in [4.78, 5) is 26.2. The molecule has 2 aliphatic rings. The van der Waals surface area contributed by atoms with Crippen LogP contribution in [-0.2, 0) is 48.7 Å². The van der Waals surface area contributed by atoms with E-state index in [0.29, 0.717) is 7.76 Å². The van der Waals surface area contributed by atoms with Gasteiger partial charge < -0.3 is 0 Å². The second-order valence-corrected chi connectivity index (χ2v) is 19.8. The third-order valence-corrected chi connectivity index (χ3v) is 17.0. The molecule has 0 saturated carbocycles. The van der Waals surface area contributed by atoms with Gasteiger partial charge in [0.1, 0.15) is 0 Å². The molecule has 0 aromatic heterocycles. The first kappa shape index (κ1) is 40.0. The maximum atomic E-state index is 17.1. The number of hydrogen-bond acceptors (Lipinski definition) is 4. The molecule has 0 radical (unpaired) electrons. The van der Waals surface area contributed by atoms with Crippen LogP contribution in [0.2, 0.25) is 0 Å². The Morgan fingerprint density at radius 1 is 0.725 bits per heavy atom. The van der Waals surface area contributed by atoms with Crippen LogP contribution in [0.1, 0.15) is 51.7 Å². The summed E-state index contributed by atoms with van der Waals surface area (Å²) in [5, 5.41) is 5.46. The summed E-state index contributed by atoms with van der Waals surface area (Å²) in [5.41, 5.74) is -2.00. The van der Waals surface area contributed by atoms with E-state index in [1.165, 1.54) is 12.1 Å². The molecule has 11 heteroatoms. The molecule has 0 saturated heterocycles. The molecule has 2 aromatic rings. The fourth-order valence-corrected chi connectivity index (χ4v) is 14.7. The number of carbonyl (C=O) groups is 2. The Labute approximate surface area is 301 Å². The first-order valence-electron chi connectivity index (χ1n) is 16.8. The number of ether oxygens (including phenoxy) is 2. The molecule has 2 amide bonds. The molecule has 2 N–H and O–H groups in total. The molecule has 0 atom stereocenters. The molecule has 0 unspecified atom stereocenters. The van der Waals surface area contributed by atoms with E-state index in [1.807, 2.05) is 0 Å². The van der Waals surface area contributed by atoms with Crippen LogP contribution in [0.5, 0.6) is 0 Å². The Hall–Kier alpha value is -3.83. The van der Waals surface area contributed by atoms with Crippen molar-refractivity contribution >= 4 is 19.6 Å². The van der Waals surface area contributed by atoms with E-state index in [0.717, 1.165) is 12.1 Å². The quantitative estimate of drug-likeness (QED) is 0.0770. The predicted molar refractivity (Wildman–Crippen MR) is 189 cm³/mol. The minimum absolute atomic E-state index is 0.0270. The molecule has 272 valence electrons. The van der Waals surface area contributed by atoms with Gasteiger partial charge in [-0.2, -0.15) is 0 Å². The fraction of sp³-hybridized carbons (Fsp3) is 0.350. The van der Waals surface area contributed by atoms with Gasteiger partial charge >= 0.3 is 302 Å². The Morgan fingerprint density at radius 3 is 1.45 bits per heavy atom. The Kier molecular flexibility index (Phi) is 13.4. The monoisotopic (exact) mass is 742 g/mol. The van der Waals surface area contributed by atoms with Gasteiger partial charge in [-0.1, -0.05) is 0 Å². The Morgan fingerprint density at radius 2 is 1.12 bits per heavy atom. The zero-order chi connectivity index (χ0) is 37.4. The summed E-state index contributed by atoms with van der Waals surface area (Å²) in [5.74, 6) is -4.62. The molecule has 0 heterocycles. The van der Waals surface area contributed by atoms with Crippen LogP contribution in [0.4, 0.5) is 17.6 Å². The SMILES string of the molecule is C=CCOCC(C)(C)C(=O)NCc1ccc(F)[c]([Ti]([C]2=CC=CC2)([C]2=CC=CC2)[c]2c(F)ccc(CNC(=O)C(C)(C)COCC=C)c2F)c1F. The van der Waals surface area contributed by atoms with Gasteiger partial charge in [0.15, 0.2) is 0 Å². The molecule has 0 fully saturated rings. The second-order valence-electron chi connectivity index (χ2n) is 13.9. The molecular formula is C40H46F4N2O4Ti. The van der Waals surface area contributed by atoms with Crippen molar-refractivity contribution in [3.05, 3.63) is 128 Å². The third-order valence-electron chi connectivity index (χ3n) is 9.10. The fourth-order valence-electron chi connectivity index (χ4n) is 6.33. The minimum atomic E-state index is -5.14. The van der Waals surface area contributed by atoms with E-state index < -0.39 is 62.5 Å². The van der Waals surface area contributed by atoms with Gasteiger partial charge in [0.2, 0.25) is 0 Å². The van der Waals surface area contributed by atoms with Crippen LogP contribution in [0, 0.1) is 34.1 Å². The van der Waals surface area contributed by atoms with Crippen molar-refractivity contribution < 1.29 is 53.2 Å². The zero-order valence-corrected chi connectivity index (χ0v) is 31.2. The molecule has 0 spiro atoms. The second kappa shape index (κ2) is 17.1. The number of benzene rings is 2. The summed E-state index contributed by atoms with van der Waals surface area (Å²) in [7, 11) is 0. The summed E-state index contributed by atoms with van der Waals surface area (Å²) >= 11 is -5.14. The molecule has 0 aliphatic heterocycles. The van der Waals surface area contributed by atoms with Crippen molar-refractivity contribution in [3.63, 3.8) is 0 Å². The van der Waals surface area contributed by atoms with E-state index in [-0.39, 0.29) is 71.2 Å². The van der Waals surface area contributed by atoms with Crippen molar-refractivity contribution in [3.8, 4) is 0 Å². The average Bonchev–Trinajstić information content (AvgIpc) is 3.83. The molecule has 2 aromatic carbocycles. The normalized spacial score (nSPS) is 14.4. The van der Waals surface area contributed by atoms with E-state index in [2.05, 4.69) is 23.8 Å². The average molecular weight is 743 g/mol. The van der Waals surface area contributed by atoms with Crippen molar-refractivity contribution in [2.75, 3.05) is 26.4 Å². The third kappa shape index (κ3) is 8.63. The Bertz CT molecular complexity index is 1670. The predicted octanol–water partition coefficient (Wildman–Crippen LogP) is 6.73. The van der Waals surface area contributed by atoms with Crippen LogP contribution in [-0.4, -0.2) is 38.2 Å². The van der Waals surface area contributed by atoms with Crippen LogP contribution in [0.25, 0.3) is 0 Å². The number of carbonyl (C=O) groups excluding carboxylic acids is 2. The first-order chi connectivity index (χ1) is 24.2. The van der Waals surface area contributed by atoms with Crippen molar-refractivity contribution in [1.82, 2.24) is 10.6 Å². The van der Waals surface area contributed by atoms with Crippen LogP contribution < -0.4 is 18.4 Å². The van der Waals surface area contributed by atoms with E-state index >= 15 is 17.6 Å². The summed E-state index contributed by atoms with van der Waals surface area (Å²) in [6.45, 7) is 14.0. The van der Waals surface area contributed by atoms with E-state index in [4.69, 9.17) is 9.47 Å². The van der Waals surface area contributed by atoms with Gasteiger partial charge in [-0.25, -0.2) is 0 Å². The van der Waals surface area contributed by atoms with Crippen LogP contribution >= 0.6 is 0 Å². The molecule has 51 heavy (non-hydrogen) atoms. The number of hydrogen-bond donors (Lipinski definition) is 2. The molecule has 0 bridgehead atoms. The number of nitrogens with one attached hydrogen (secondary N) is 2. The van der Waals surface area contributed by atoms with Gasteiger partial charge in [-0.05, 0) is 0 Å². The van der Waals surface area contributed by atoms with Crippen molar-refractivity contribution in [1.29, 1.82) is 0 Å². The molecule has 2 aliphatic carbocycles. The van der Waals surface area contributed by atoms with Gasteiger partial charge in [-0.15, -0.1) is 0 Å². The van der Waals surface area contributed by atoms with Gasteiger partial charge in [0.05, 0.1) is 0 Å². The summed E-state index contributed by atoms with van der Waals surface area (Å²) in [6.07, 6.45) is 14.1. The number of rotatable bonds is 18. The van der Waals surface area contributed by atoms with Gasteiger partial charge in [-0.3, -0.25) is 0 Å². The molecule has 4 rings (SSSR count). The topological polar surface area (TPSA) is 76.7 Å². The van der Waals surface area contributed by atoms with E-state index in [9.17, 15) is 9.59 Å². The zero-order valence-electron chi connectivity index (χ0n) is 29.6. The first-order valence-corrected chi connectivity index (χ1v) is 20.0. The summed E-state index contributed by atoms with van der Waals surface area (Å²) in [6, 6.07) is 4.68. The maximum absolute atomic E-state index is 17.1. The van der Waals surface area contributed by atoms with Crippen LogP contribution in [0.15, 0.2) is 93.8 Å². The van der Waals surface area contributed by atoms with Crippen molar-refractivity contribution in [2.24, 2.45) is 10.8 Å². The number of amides is 2. The van der Waals surface area contributed by atoms with Gasteiger partial charge in [0.25, 0.3) is 0 Å². The standard InChI is InChI=1S/2C15H18F2NO2.2C5H5.Ti/c2*1-4-7-20-10-15(2,3)14(19)18-9-11-5-6-12(16)8-13(11)17;2*1-2-4-5-3-1;/h2*4-6H,1,7,9-10H2,2-3H3,(H,18,19);2*1-3H,4H2;. The molecular weight excluding hydrogens is 696 g/mol. The van der Waals surface area contributed by atoms with Crippen LogP contribution in [0.3, 0.4) is 0 Å². The Balaban J connectivity index is 1.83. The van der Waals surface area contributed by atoms with Gasteiger partial charge in [0, 0.05) is 0 Å². The molecule has 6 nitrogen and oxygen atoms in total. The summed E-state index contributed by atoms with van der Waals surface area (Å²) < 4.78 is 78.3. The van der Waals surface area contributed by atoms with E-state index in [1.54, 1.807) is 76.3 Å².